The topological polar surface area (TPSA) is 70.5 Å². The van der Waals surface area contributed by atoms with Crippen LogP contribution in [0.25, 0.3) is 0 Å². The number of aliphatic hydroxyl groups is 1. The van der Waals surface area contributed by atoms with E-state index >= 15 is 0 Å². The number of benzene rings is 1. The summed E-state index contributed by atoms with van der Waals surface area (Å²) < 4.78 is 53.8. The van der Waals surface area contributed by atoms with Crippen molar-refractivity contribution in [1.29, 1.82) is 0 Å². The largest absolute Gasteiger partial charge is 0.394 e. The van der Waals surface area contributed by atoms with Crippen LogP contribution in [0.3, 0.4) is 0 Å². The molecule has 0 saturated heterocycles. The quantitative estimate of drug-likeness (QED) is 0.828. The number of aryl methyl sites for hydroxylation is 1. The molecule has 1 aromatic heterocycles. The second-order valence-corrected chi connectivity index (χ2v) is 7.38. The van der Waals surface area contributed by atoms with Crippen molar-refractivity contribution in [3.8, 4) is 0 Å². The Morgan fingerprint density at radius 3 is 2.61 bits per heavy atom. The number of aliphatic hydroxyl groups excluding tert-OH is 1. The second kappa shape index (κ2) is 6.90. The summed E-state index contributed by atoms with van der Waals surface area (Å²) in [6.07, 6.45) is 1.49. The van der Waals surface area contributed by atoms with E-state index in [4.69, 9.17) is 0 Å². The Balaban J connectivity index is 2.62. The molecule has 0 spiro atoms. The summed E-state index contributed by atoms with van der Waals surface area (Å²) in [5, 5.41) is 9.19. The van der Waals surface area contributed by atoms with Crippen LogP contribution >= 0.6 is 15.9 Å². The lowest BCUT2D eigenvalue weighted by Gasteiger charge is -2.25. The van der Waals surface area contributed by atoms with Gasteiger partial charge in [-0.15, -0.1) is 0 Å². The molecule has 2 rings (SSSR count). The minimum Gasteiger partial charge on any atom is -0.394 e. The number of halogens is 3. The molecule has 0 aliphatic rings. The number of hydrogen-bond donors (Lipinski definition) is 1. The van der Waals surface area contributed by atoms with Gasteiger partial charge >= 0.3 is 0 Å². The van der Waals surface area contributed by atoms with E-state index in [9.17, 15) is 22.3 Å². The Morgan fingerprint density at radius 2 is 2.00 bits per heavy atom. The van der Waals surface area contributed by atoms with Crippen molar-refractivity contribution in [1.82, 2.24) is 4.98 Å². The summed E-state index contributed by atoms with van der Waals surface area (Å²) in [5.41, 5.74) is 0.574. The molecule has 0 saturated carbocycles. The number of hydrogen-bond acceptors (Lipinski definition) is 4. The molecule has 0 bridgehead atoms. The zero-order valence-corrected chi connectivity index (χ0v) is 14.4. The van der Waals surface area contributed by atoms with E-state index in [1.807, 2.05) is 0 Å². The van der Waals surface area contributed by atoms with E-state index in [-0.39, 0.29) is 12.2 Å². The molecular weight excluding hydrogens is 394 g/mol. The average Bonchev–Trinajstić information content (AvgIpc) is 2.47. The summed E-state index contributed by atoms with van der Waals surface area (Å²) in [7, 11) is -4.33. The van der Waals surface area contributed by atoms with Crippen LogP contribution in [0.1, 0.15) is 5.69 Å². The molecule has 0 aliphatic heterocycles. The predicted molar refractivity (Wildman–Crippen MR) is 84.6 cm³/mol. The fourth-order valence-corrected chi connectivity index (χ4v) is 3.88. The first kappa shape index (κ1) is 17.8. The van der Waals surface area contributed by atoms with Crippen LogP contribution in [0.2, 0.25) is 0 Å². The van der Waals surface area contributed by atoms with Gasteiger partial charge < -0.3 is 5.11 Å². The Labute approximate surface area is 140 Å². The van der Waals surface area contributed by atoms with Gasteiger partial charge in [-0.1, -0.05) is 0 Å². The first-order chi connectivity index (χ1) is 10.8. The van der Waals surface area contributed by atoms with Gasteiger partial charge in [-0.25, -0.2) is 17.2 Å². The lowest BCUT2D eigenvalue weighted by atomic mass is 10.3. The zero-order chi connectivity index (χ0) is 17.2. The molecule has 0 atom stereocenters. The summed E-state index contributed by atoms with van der Waals surface area (Å²) in [5.74, 6) is -2.08. The molecule has 0 radical (unpaired) electrons. The molecule has 23 heavy (non-hydrogen) atoms. The number of aromatic nitrogens is 1. The fourth-order valence-electron chi connectivity index (χ4n) is 2.01. The number of sulfonamides is 1. The molecule has 0 aliphatic carbocycles. The molecule has 9 heteroatoms. The number of nitrogens with zero attached hydrogens (tertiary/aromatic N) is 2. The third kappa shape index (κ3) is 3.67. The van der Waals surface area contributed by atoms with E-state index in [0.717, 1.165) is 16.4 Å². The first-order valence-electron chi connectivity index (χ1n) is 6.48. The van der Waals surface area contributed by atoms with Crippen molar-refractivity contribution in [3.63, 3.8) is 0 Å². The minimum absolute atomic E-state index is 0.192. The molecule has 1 heterocycles. The van der Waals surface area contributed by atoms with Crippen LogP contribution in [-0.2, 0) is 10.0 Å². The molecule has 2 aromatic rings. The van der Waals surface area contributed by atoms with Gasteiger partial charge in [-0.3, -0.25) is 9.29 Å². The van der Waals surface area contributed by atoms with Crippen molar-refractivity contribution < 1.29 is 22.3 Å². The molecular formula is C14H13BrF2N2O3S. The van der Waals surface area contributed by atoms with Gasteiger partial charge in [-0.2, -0.15) is 0 Å². The Hall–Kier alpha value is -1.58. The summed E-state index contributed by atoms with van der Waals surface area (Å²) in [6.45, 7) is 0.814. The van der Waals surface area contributed by atoms with Crippen LogP contribution in [0.4, 0.5) is 14.5 Å². The summed E-state index contributed by atoms with van der Waals surface area (Å²) >= 11 is 3.19. The van der Waals surface area contributed by atoms with E-state index in [1.54, 1.807) is 6.92 Å². The molecule has 0 unspecified atom stereocenters. The smallest absolute Gasteiger partial charge is 0.267 e. The van der Waals surface area contributed by atoms with Crippen molar-refractivity contribution in [2.24, 2.45) is 0 Å². The minimum atomic E-state index is -4.33. The van der Waals surface area contributed by atoms with Crippen LogP contribution in [0, 0.1) is 18.6 Å². The lowest BCUT2D eigenvalue weighted by Crippen LogP contribution is -2.35. The highest BCUT2D eigenvalue weighted by atomic mass is 79.9. The van der Waals surface area contributed by atoms with Crippen molar-refractivity contribution in [3.05, 3.63) is 52.3 Å². The van der Waals surface area contributed by atoms with Gasteiger partial charge in [0.05, 0.1) is 24.5 Å². The standard InChI is InChI=1S/C14H13BrF2N2O3S/c1-9-13(6-10(15)8-18-9)19(4-5-20)23(21,22)14-3-2-11(16)7-12(14)17/h2-3,6-8,20H,4-5H2,1H3. The summed E-state index contributed by atoms with van der Waals surface area (Å²) in [6, 6.07) is 3.71. The lowest BCUT2D eigenvalue weighted by molar-refractivity contribution is 0.306. The van der Waals surface area contributed by atoms with Crippen molar-refractivity contribution in [2.45, 2.75) is 11.8 Å². The van der Waals surface area contributed by atoms with E-state index in [2.05, 4.69) is 20.9 Å². The van der Waals surface area contributed by atoms with E-state index in [1.165, 1.54) is 12.3 Å². The third-order valence-corrected chi connectivity index (χ3v) is 5.34. The van der Waals surface area contributed by atoms with Gasteiger partial charge in [0, 0.05) is 16.7 Å². The normalized spacial score (nSPS) is 11.5. The monoisotopic (exact) mass is 406 g/mol. The van der Waals surface area contributed by atoms with Gasteiger partial charge in [0.1, 0.15) is 16.5 Å². The number of anilines is 1. The van der Waals surface area contributed by atoms with Crippen LogP contribution in [0.15, 0.2) is 39.8 Å². The maximum Gasteiger partial charge on any atom is 0.267 e. The number of rotatable bonds is 5. The van der Waals surface area contributed by atoms with Gasteiger partial charge in [0.2, 0.25) is 0 Å². The fraction of sp³-hybridized carbons (Fsp3) is 0.214. The van der Waals surface area contributed by atoms with Gasteiger partial charge in [-0.05, 0) is 41.1 Å². The highest BCUT2D eigenvalue weighted by molar-refractivity contribution is 9.10. The van der Waals surface area contributed by atoms with Gasteiger partial charge in [0.15, 0.2) is 0 Å². The van der Waals surface area contributed by atoms with Crippen molar-refractivity contribution >= 4 is 31.6 Å². The molecule has 124 valence electrons. The highest BCUT2D eigenvalue weighted by Gasteiger charge is 2.29. The molecule has 0 fully saturated rings. The van der Waals surface area contributed by atoms with E-state index in [0.29, 0.717) is 16.2 Å². The molecule has 0 amide bonds. The molecule has 1 aromatic carbocycles. The molecule has 1 N–H and O–H groups in total. The van der Waals surface area contributed by atoms with Crippen molar-refractivity contribution in [2.75, 3.05) is 17.5 Å². The zero-order valence-electron chi connectivity index (χ0n) is 12.0. The van der Waals surface area contributed by atoms with Crippen LogP contribution in [0.5, 0.6) is 0 Å². The Morgan fingerprint density at radius 1 is 1.30 bits per heavy atom. The predicted octanol–water partition coefficient (Wildman–Crippen LogP) is 2.62. The van der Waals surface area contributed by atoms with Gasteiger partial charge in [0.25, 0.3) is 10.0 Å². The third-order valence-electron chi connectivity index (χ3n) is 3.06. The Bertz CT molecular complexity index is 831. The number of pyridine rings is 1. The van der Waals surface area contributed by atoms with E-state index < -0.39 is 33.2 Å². The first-order valence-corrected chi connectivity index (χ1v) is 8.71. The van der Waals surface area contributed by atoms with Crippen LogP contribution in [-0.4, -0.2) is 31.7 Å². The SMILES string of the molecule is Cc1ncc(Br)cc1N(CCO)S(=O)(=O)c1ccc(F)cc1F. The second-order valence-electron chi connectivity index (χ2n) is 4.63. The Kier molecular flexibility index (Phi) is 5.33. The maximum atomic E-state index is 13.9. The summed E-state index contributed by atoms with van der Waals surface area (Å²) in [4.78, 5) is 3.36. The maximum absolute atomic E-state index is 13.9. The average molecular weight is 407 g/mol. The molecule has 5 nitrogen and oxygen atoms in total. The van der Waals surface area contributed by atoms with Crippen LogP contribution < -0.4 is 4.31 Å². The highest BCUT2D eigenvalue weighted by Crippen LogP contribution is 2.29.